The average Bonchev–Trinajstić information content (AvgIpc) is 3.04. The van der Waals surface area contributed by atoms with E-state index in [0.717, 1.165) is 17.2 Å². The normalized spacial score (nSPS) is 12.5. The van der Waals surface area contributed by atoms with E-state index in [9.17, 15) is 18.0 Å². The van der Waals surface area contributed by atoms with Crippen LogP contribution in [-0.2, 0) is 14.8 Å². The molecule has 2 N–H and O–H groups in total. The molecule has 0 spiro atoms. The Bertz CT molecular complexity index is 1070. The largest absolute Gasteiger partial charge is 0.450 e. The molecular weight excluding hydrogens is 368 g/mol. The minimum absolute atomic E-state index is 0.267. The SMILES string of the molecule is CC(OC(=O)c1cc2ccccc2[nH]1)C(=O)c1ccc(NS(C)(=O)=O)cc1. The molecule has 1 heterocycles. The molecule has 1 aromatic heterocycles. The first-order chi connectivity index (χ1) is 12.7. The van der Waals surface area contributed by atoms with E-state index < -0.39 is 22.1 Å². The maximum atomic E-state index is 12.5. The Morgan fingerprint density at radius 3 is 2.37 bits per heavy atom. The lowest BCUT2D eigenvalue weighted by molar-refractivity contribution is 0.0314. The summed E-state index contributed by atoms with van der Waals surface area (Å²) in [7, 11) is -3.39. The molecule has 0 fully saturated rings. The number of sulfonamides is 1. The Kier molecular flexibility index (Phi) is 5.00. The zero-order valence-corrected chi connectivity index (χ0v) is 15.5. The minimum Gasteiger partial charge on any atom is -0.450 e. The Hall–Kier alpha value is -3.13. The Labute approximate surface area is 156 Å². The van der Waals surface area contributed by atoms with E-state index in [-0.39, 0.29) is 11.5 Å². The number of anilines is 1. The fourth-order valence-corrected chi connectivity index (χ4v) is 3.18. The lowest BCUT2D eigenvalue weighted by atomic mass is 10.1. The molecule has 3 aromatic rings. The third-order valence-electron chi connectivity index (χ3n) is 3.88. The smallest absolute Gasteiger partial charge is 0.355 e. The molecule has 140 valence electrons. The number of Topliss-reactive ketones (excluding diaryl/α,β-unsaturated/α-hetero) is 1. The van der Waals surface area contributed by atoms with Gasteiger partial charge >= 0.3 is 5.97 Å². The number of ketones is 1. The number of H-pyrrole nitrogens is 1. The number of aromatic nitrogens is 1. The van der Waals surface area contributed by atoms with Gasteiger partial charge in [0.05, 0.1) is 6.26 Å². The number of nitrogens with one attached hydrogen (secondary N) is 2. The van der Waals surface area contributed by atoms with E-state index in [4.69, 9.17) is 4.74 Å². The van der Waals surface area contributed by atoms with Crippen molar-refractivity contribution in [2.24, 2.45) is 0 Å². The van der Waals surface area contributed by atoms with E-state index in [0.29, 0.717) is 11.3 Å². The van der Waals surface area contributed by atoms with Crippen molar-refractivity contribution in [2.45, 2.75) is 13.0 Å². The summed E-state index contributed by atoms with van der Waals surface area (Å²) < 4.78 is 30.0. The lowest BCUT2D eigenvalue weighted by Gasteiger charge is -2.12. The van der Waals surface area contributed by atoms with E-state index in [1.807, 2.05) is 24.3 Å². The molecule has 7 nitrogen and oxygen atoms in total. The molecule has 2 aromatic carbocycles. The highest BCUT2D eigenvalue weighted by molar-refractivity contribution is 7.92. The first-order valence-electron chi connectivity index (χ1n) is 8.14. The van der Waals surface area contributed by atoms with E-state index in [1.54, 1.807) is 6.07 Å². The summed E-state index contributed by atoms with van der Waals surface area (Å²) in [5.74, 6) is -1.01. The summed E-state index contributed by atoms with van der Waals surface area (Å²) in [6, 6.07) is 15.0. The number of rotatable bonds is 6. The van der Waals surface area contributed by atoms with Gasteiger partial charge in [-0.15, -0.1) is 0 Å². The monoisotopic (exact) mass is 386 g/mol. The second-order valence-electron chi connectivity index (χ2n) is 6.13. The van der Waals surface area contributed by atoms with Crippen LogP contribution in [0.15, 0.2) is 54.6 Å². The van der Waals surface area contributed by atoms with Crippen molar-refractivity contribution in [2.75, 3.05) is 11.0 Å². The van der Waals surface area contributed by atoms with Gasteiger partial charge in [-0.05, 0) is 43.3 Å². The quantitative estimate of drug-likeness (QED) is 0.500. The number of hydrogen-bond acceptors (Lipinski definition) is 5. The molecule has 0 saturated heterocycles. The first kappa shape index (κ1) is 18.7. The highest BCUT2D eigenvalue weighted by atomic mass is 32.2. The van der Waals surface area contributed by atoms with Crippen LogP contribution in [-0.4, -0.2) is 37.5 Å². The third kappa shape index (κ3) is 4.53. The molecule has 1 atom stereocenters. The highest BCUT2D eigenvalue weighted by Gasteiger charge is 2.21. The van der Waals surface area contributed by atoms with E-state index in [2.05, 4.69) is 9.71 Å². The van der Waals surface area contributed by atoms with Gasteiger partial charge in [0.1, 0.15) is 5.69 Å². The minimum atomic E-state index is -3.39. The Morgan fingerprint density at radius 2 is 1.74 bits per heavy atom. The number of carbonyl (C=O) groups is 2. The topological polar surface area (TPSA) is 105 Å². The van der Waals surface area contributed by atoms with Crippen LogP contribution in [0.5, 0.6) is 0 Å². The number of benzene rings is 2. The van der Waals surface area contributed by atoms with Crippen LogP contribution in [0.4, 0.5) is 5.69 Å². The number of aromatic amines is 1. The van der Waals surface area contributed by atoms with Gasteiger partial charge in [-0.1, -0.05) is 18.2 Å². The summed E-state index contributed by atoms with van der Waals surface area (Å²) >= 11 is 0. The van der Waals surface area contributed by atoms with Crippen molar-refractivity contribution in [1.29, 1.82) is 0 Å². The van der Waals surface area contributed by atoms with E-state index in [1.165, 1.54) is 31.2 Å². The Balaban J connectivity index is 1.68. The summed E-state index contributed by atoms with van der Waals surface area (Å²) in [6.45, 7) is 1.49. The van der Waals surface area contributed by atoms with E-state index >= 15 is 0 Å². The Morgan fingerprint density at radius 1 is 1.07 bits per heavy atom. The molecule has 0 amide bonds. The molecule has 0 bridgehead atoms. The molecule has 0 aliphatic carbocycles. The van der Waals surface area contributed by atoms with Crippen molar-refractivity contribution >= 4 is 38.4 Å². The van der Waals surface area contributed by atoms with Crippen molar-refractivity contribution in [3.63, 3.8) is 0 Å². The fourth-order valence-electron chi connectivity index (χ4n) is 2.61. The number of fused-ring (bicyclic) bond motifs is 1. The highest BCUT2D eigenvalue weighted by Crippen LogP contribution is 2.17. The van der Waals surface area contributed by atoms with Gasteiger partial charge in [-0.25, -0.2) is 13.2 Å². The van der Waals surface area contributed by atoms with Gasteiger partial charge in [0.2, 0.25) is 15.8 Å². The zero-order chi connectivity index (χ0) is 19.6. The van der Waals surface area contributed by atoms with Gasteiger partial charge in [0.15, 0.2) is 6.10 Å². The maximum absolute atomic E-state index is 12.5. The van der Waals surface area contributed by atoms with Crippen LogP contribution in [0.2, 0.25) is 0 Å². The fraction of sp³-hybridized carbons (Fsp3) is 0.158. The summed E-state index contributed by atoms with van der Waals surface area (Å²) in [4.78, 5) is 27.7. The van der Waals surface area contributed by atoms with Gasteiger partial charge in [0.25, 0.3) is 0 Å². The summed E-state index contributed by atoms with van der Waals surface area (Å²) in [5, 5.41) is 0.873. The summed E-state index contributed by atoms with van der Waals surface area (Å²) in [5.41, 5.74) is 1.73. The third-order valence-corrected chi connectivity index (χ3v) is 4.48. The lowest BCUT2D eigenvalue weighted by Crippen LogP contribution is -2.24. The molecule has 0 aliphatic rings. The van der Waals surface area contributed by atoms with Gasteiger partial charge in [0, 0.05) is 22.2 Å². The van der Waals surface area contributed by atoms with Crippen molar-refractivity contribution in [3.05, 3.63) is 65.9 Å². The van der Waals surface area contributed by atoms with Crippen molar-refractivity contribution < 1.29 is 22.7 Å². The van der Waals surface area contributed by atoms with Crippen molar-refractivity contribution in [3.8, 4) is 0 Å². The van der Waals surface area contributed by atoms with Crippen LogP contribution in [0.25, 0.3) is 10.9 Å². The molecule has 8 heteroatoms. The second-order valence-corrected chi connectivity index (χ2v) is 7.88. The summed E-state index contributed by atoms with van der Waals surface area (Å²) in [6.07, 6.45) is 0.0510. The van der Waals surface area contributed by atoms with Crippen LogP contribution in [0, 0.1) is 0 Å². The maximum Gasteiger partial charge on any atom is 0.355 e. The number of para-hydroxylation sites is 1. The first-order valence-corrected chi connectivity index (χ1v) is 10.0. The van der Waals surface area contributed by atoms with Gasteiger partial charge in [-0.3, -0.25) is 9.52 Å². The molecule has 0 saturated carbocycles. The standard InChI is InChI=1S/C19H18N2O5S/c1-12(18(22)13-7-9-15(10-8-13)21-27(2,24)25)26-19(23)17-11-14-5-3-4-6-16(14)20-17/h3-12,20-21H,1-2H3. The molecular formula is C19H18N2O5S. The average molecular weight is 386 g/mol. The van der Waals surface area contributed by atoms with Crippen LogP contribution in [0.3, 0.4) is 0 Å². The molecule has 0 radical (unpaired) electrons. The number of hydrogen-bond donors (Lipinski definition) is 2. The van der Waals surface area contributed by atoms with Gasteiger partial charge in [-0.2, -0.15) is 0 Å². The molecule has 1 unspecified atom stereocenters. The van der Waals surface area contributed by atoms with Crippen LogP contribution in [0.1, 0.15) is 27.8 Å². The molecule has 3 rings (SSSR count). The molecule has 27 heavy (non-hydrogen) atoms. The molecule has 0 aliphatic heterocycles. The number of carbonyl (C=O) groups excluding carboxylic acids is 2. The predicted molar refractivity (Wildman–Crippen MR) is 102 cm³/mol. The zero-order valence-electron chi connectivity index (χ0n) is 14.7. The number of esters is 1. The van der Waals surface area contributed by atoms with Crippen LogP contribution < -0.4 is 4.72 Å². The van der Waals surface area contributed by atoms with Crippen molar-refractivity contribution in [1.82, 2.24) is 4.98 Å². The second kappa shape index (κ2) is 7.24. The predicted octanol–water partition coefficient (Wildman–Crippen LogP) is 2.97. The van der Waals surface area contributed by atoms with Crippen LogP contribution >= 0.6 is 0 Å². The van der Waals surface area contributed by atoms with Gasteiger partial charge < -0.3 is 9.72 Å². The number of ether oxygens (including phenoxy) is 1.